The third kappa shape index (κ3) is 6.82. The van der Waals surface area contributed by atoms with Gasteiger partial charge in [0.15, 0.2) is 0 Å². The van der Waals surface area contributed by atoms with Crippen LogP contribution in [0.1, 0.15) is 31.7 Å². The van der Waals surface area contributed by atoms with E-state index in [1.54, 1.807) is 7.11 Å². The van der Waals surface area contributed by atoms with Gasteiger partial charge in [0.2, 0.25) is 0 Å². The summed E-state index contributed by atoms with van der Waals surface area (Å²) in [6.45, 7) is 4.08. The van der Waals surface area contributed by atoms with E-state index in [2.05, 4.69) is 11.4 Å². The smallest absolute Gasteiger partial charge is 0.305 e. The van der Waals surface area contributed by atoms with E-state index in [4.69, 9.17) is 9.47 Å². The number of methoxy groups -OCH3 is 1. The van der Waals surface area contributed by atoms with Gasteiger partial charge in [-0.15, -0.1) is 0 Å². The van der Waals surface area contributed by atoms with E-state index in [9.17, 15) is 4.79 Å². The highest BCUT2D eigenvalue weighted by molar-refractivity contribution is 5.69. The molecule has 1 N–H and O–H groups in total. The minimum atomic E-state index is -0.102. The fraction of sp³-hybridized carbons (Fsp3) is 0.533. The number of ether oxygens (including phenoxy) is 2. The number of hydrogen-bond donors (Lipinski definition) is 1. The van der Waals surface area contributed by atoms with Crippen molar-refractivity contribution in [3.63, 3.8) is 0 Å². The molecular formula is C15H23NO3. The summed E-state index contributed by atoms with van der Waals surface area (Å²) < 4.78 is 10.2. The molecular weight excluding hydrogens is 242 g/mol. The van der Waals surface area contributed by atoms with Crippen molar-refractivity contribution in [2.24, 2.45) is 0 Å². The van der Waals surface area contributed by atoms with Gasteiger partial charge >= 0.3 is 5.97 Å². The van der Waals surface area contributed by atoms with E-state index in [0.717, 1.165) is 31.7 Å². The van der Waals surface area contributed by atoms with Crippen molar-refractivity contribution in [1.29, 1.82) is 0 Å². The molecule has 4 nitrogen and oxygen atoms in total. The molecule has 106 valence electrons. The Bertz CT molecular complexity index is 379. The first kappa shape index (κ1) is 15.5. The zero-order valence-corrected chi connectivity index (χ0v) is 11.8. The number of carbonyl (C=O) groups is 1. The number of rotatable bonds is 9. The first-order valence-corrected chi connectivity index (χ1v) is 6.75. The summed E-state index contributed by atoms with van der Waals surface area (Å²) in [5, 5.41) is 3.31. The second kappa shape index (κ2) is 9.39. The summed E-state index contributed by atoms with van der Waals surface area (Å²) in [5.41, 5.74) is 1.18. The van der Waals surface area contributed by atoms with Gasteiger partial charge in [-0.2, -0.15) is 0 Å². The van der Waals surface area contributed by atoms with Gasteiger partial charge in [0.1, 0.15) is 5.75 Å². The summed E-state index contributed by atoms with van der Waals surface area (Å²) in [4.78, 5) is 11.1. The molecule has 0 aromatic heterocycles. The van der Waals surface area contributed by atoms with Crippen LogP contribution >= 0.6 is 0 Å². The van der Waals surface area contributed by atoms with Crippen LogP contribution in [0, 0.1) is 0 Å². The average molecular weight is 265 g/mol. The normalized spacial score (nSPS) is 10.2. The van der Waals surface area contributed by atoms with Gasteiger partial charge in [-0.05, 0) is 37.1 Å². The predicted octanol–water partition coefficient (Wildman–Crippen LogP) is 2.52. The molecule has 0 aliphatic heterocycles. The minimum Gasteiger partial charge on any atom is -0.497 e. The Morgan fingerprint density at radius 3 is 2.95 bits per heavy atom. The average Bonchev–Trinajstić information content (AvgIpc) is 2.43. The third-order valence-corrected chi connectivity index (χ3v) is 2.68. The molecule has 0 bridgehead atoms. The first-order chi connectivity index (χ1) is 9.26. The molecule has 0 atom stereocenters. The lowest BCUT2D eigenvalue weighted by Gasteiger charge is -2.07. The Morgan fingerprint density at radius 1 is 1.37 bits per heavy atom. The molecule has 0 amide bonds. The zero-order chi connectivity index (χ0) is 13.9. The fourth-order valence-corrected chi connectivity index (χ4v) is 1.67. The third-order valence-electron chi connectivity index (χ3n) is 2.68. The highest BCUT2D eigenvalue weighted by Crippen LogP contribution is 2.11. The maximum atomic E-state index is 11.1. The van der Waals surface area contributed by atoms with Crippen molar-refractivity contribution in [3.8, 4) is 5.75 Å². The van der Waals surface area contributed by atoms with Crippen LogP contribution in [0.25, 0.3) is 0 Å². The van der Waals surface area contributed by atoms with E-state index < -0.39 is 0 Å². The Kier molecular flexibility index (Phi) is 7.66. The van der Waals surface area contributed by atoms with Gasteiger partial charge < -0.3 is 14.8 Å². The Balaban J connectivity index is 2.08. The molecule has 0 aliphatic rings. The van der Waals surface area contributed by atoms with Crippen LogP contribution in [0.5, 0.6) is 5.75 Å². The van der Waals surface area contributed by atoms with Crippen molar-refractivity contribution in [1.82, 2.24) is 5.32 Å². The largest absolute Gasteiger partial charge is 0.497 e. The maximum Gasteiger partial charge on any atom is 0.305 e. The molecule has 0 aliphatic carbocycles. The molecule has 0 spiro atoms. The molecule has 19 heavy (non-hydrogen) atoms. The molecule has 0 saturated carbocycles. The van der Waals surface area contributed by atoms with Crippen molar-refractivity contribution in [2.45, 2.75) is 32.7 Å². The molecule has 0 unspecified atom stereocenters. The second-order valence-corrected chi connectivity index (χ2v) is 4.35. The highest BCUT2D eigenvalue weighted by atomic mass is 16.5. The number of nitrogens with one attached hydrogen (secondary N) is 1. The summed E-state index contributed by atoms with van der Waals surface area (Å²) >= 11 is 0. The number of esters is 1. The van der Waals surface area contributed by atoms with E-state index >= 15 is 0 Å². The van der Waals surface area contributed by atoms with Crippen LogP contribution in [0.3, 0.4) is 0 Å². The second-order valence-electron chi connectivity index (χ2n) is 4.35. The standard InChI is InChI=1S/C15H23NO3/c1-3-6-15(17)19-10-5-9-16-12-13-7-4-8-14(11-13)18-2/h4,7-8,11,16H,3,5-6,9-10,12H2,1-2H3. The first-order valence-electron chi connectivity index (χ1n) is 6.75. The lowest BCUT2D eigenvalue weighted by molar-refractivity contribution is -0.143. The summed E-state index contributed by atoms with van der Waals surface area (Å²) in [7, 11) is 1.66. The van der Waals surface area contributed by atoms with Gasteiger partial charge in [-0.1, -0.05) is 19.1 Å². The van der Waals surface area contributed by atoms with E-state index in [-0.39, 0.29) is 5.97 Å². The minimum absolute atomic E-state index is 0.102. The number of hydrogen-bond acceptors (Lipinski definition) is 4. The monoisotopic (exact) mass is 265 g/mol. The summed E-state index contributed by atoms with van der Waals surface area (Å²) in [5.74, 6) is 0.767. The number of benzene rings is 1. The van der Waals surface area contributed by atoms with E-state index in [0.29, 0.717) is 13.0 Å². The molecule has 0 radical (unpaired) electrons. The fourth-order valence-electron chi connectivity index (χ4n) is 1.67. The van der Waals surface area contributed by atoms with Gasteiger partial charge in [-0.25, -0.2) is 0 Å². The SMILES string of the molecule is CCCC(=O)OCCCNCc1cccc(OC)c1. The van der Waals surface area contributed by atoms with E-state index in [1.165, 1.54) is 5.56 Å². The lowest BCUT2D eigenvalue weighted by atomic mass is 10.2. The van der Waals surface area contributed by atoms with Crippen molar-refractivity contribution in [3.05, 3.63) is 29.8 Å². The Hall–Kier alpha value is -1.55. The predicted molar refractivity (Wildman–Crippen MR) is 75.2 cm³/mol. The van der Waals surface area contributed by atoms with Crippen molar-refractivity contribution >= 4 is 5.97 Å². The molecule has 4 heteroatoms. The Labute approximate surface area is 115 Å². The van der Waals surface area contributed by atoms with Crippen molar-refractivity contribution < 1.29 is 14.3 Å². The van der Waals surface area contributed by atoms with Crippen LogP contribution in [0.15, 0.2) is 24.3 Å². The topological polar surface area (TPSA) is 47.6 Å². The van der Waals surface area contributed by atoms with Crippen LogP contribution in [-0.2, 0) is 16.1 Å². The molecule has 0 saturated heterocycles. The Morgan fingerprint density at radius 2 is 2.21 bits per heavy atom. The maximum absolute atomic E-state index is 11.1. The van der Waals surface area contributed by atoms with Gasteiger partial charge in [-0.3, -0.25) is 4.79 Å². The molecule has 1 rings (SSSR count). The van der Waals surface area contributed by atoms with Gasteiger partial charge in [0, 0.05) is 13.0 Å². The van der Waals surface area contributed by atoms with Crippen LogP contribution in [0.4, 0.5) is 0 Å². The van der Waals surface area contributed by atoms with Crippen LogP contribution < -0.4 is 10.1 Å². The number of carbonyl (C=O) groups excluding carboxylic acids is 1. The zero-order valence-electron chi connectivity index (χ0n) is 11.8. The summed E-state index contributed by atoms with van der Waals surface area (Å²) in [6.07, 6.45) is 2.18. The van der Waals surface area contributed by atoms with Gasteiger partial charge in [0.25, 0.3) is 0 Å². The van der Waals surface area contributed by atoms with Gasteiger partial charge in [0.05, 0.1) is 13.7 Å². The summed E-state index contributed by atoms with van der Waals surface area (Å²) in [6, 6.07) is 7.96. The highest BCUT2D eigenvalue weighted by Gasteiger charge is 2.00. The quantitative estimate of drug-likeness (QED) is 0.550. The van der Waals surface area contributed by atoms with Crippen molar-refractivity contribution in [2.75, 3.05) is 20.3 Å². The molecule has 1 aromatic carbocycles. The molecule has 1 aromatic rings. The van der Waals surface area contributed by atoms with E-state index in [1.807, 2.05) is 25.1 Å². The molecule has 0 fully saturated rings. The lowest BCUT2D eigenvalue weighted by Crippen LogP contribution is -2.17. The molecule has 0 heterocycles. The van der Waals surface area contributed by atoms with Crippen LogP contribution in [-0.4, -0.2) is 26.2 Å². The van der Waals surface area contributed by atoms with Crippen LogP contribution in [0.2, 0.25) is 0 Å².